The second kappa shape index (κ2) is 6.81. The molecule has 4 heteroatoms. The Kier molecular flexibility index (Phi) is 4.73. The minimum absolute atomic E-state index is 0.207. The molecular weight excluding hydrogens is 328 g/mol. The molecule has 2 aromatic carbocycles. The summed E-state index contributed by atoms with van der Waals surface area (Å²) in [5, 5.41) is 0. The lowest BCUT2D eigenvalue weighted by molar-refractivity contribution is 0.0998. The molecule has 0 atom stereocenters. The molecule has 1 heterocycles. The Morgan fingerprint density at radius 3 is 2.56 bits per heavy atom. The van der Waals surface area contributed by atoms with E-state index in [-0.39, 0.29) is 5.91 Å². The highest BCUT2D eigenvalue weighted by atomic mass is 32.1. The van der Waals surface area contributed by atoms with Crippen LogP contribution in [-0.4, -0.2) is 10.5 Å². The molecule has 0 aliphatic heterocycles. The van der Waals surface area contributed by atoms with Gasteiger partial charge in [0.25, 0.3) is 5.91 Å². The molecule has 0 saturated heterocycles. The third-order valence-electron chi connectivity index (χ3n) is 4.38. The van der Waals surface area contributed by atoms with Gasteiger partial charge in [-0.25, -0.2) is 0 Å². The first-order valence-corrected chi connectivity index (χ1v) is 9.10. The molecule has 1 amide bonds. The maximum Gasteiger partial charge on any atom is 0.279 e. The number of thiazole rings is 1. The van der Waals surface area contributed by atoms with Crippen molar-refractivity contribution in [3.05, 3.63) is 75.6 Å². The van der Waals surface area contributed by atoms with E-state index in [2.05, 4.69) is 42.1 Å². The van der Waals surface area contributed by atoms with Crippen LogP contribution in [0.1, 0.15) is 32.6 Å². The molecule has 25 heavy (non-hydrogen) atoms. The number of allylic oxidation sites excluding steroid dienone is 1. The molecule has 0 spiro atoms. The molecule has 0 fully saturated rings. The van der Waals surface area contributed by atoms with Crippen LogP contribution in [0.4, 0.5) is 0 Å². The van der Waals surface area contributed by atoms with Gasteiger partial charge in [-0.15, -0.1) is 6.58 Å². The summed E-state index contributed by atoms with van der Waals surface area (Å²) in [5.41, 5.74) is 6.41. The van der Waals surface area contributed by atoms with Crippen LogP contribution < -0.4 is 4.80 Å². The van der Waals surface area contributed by atoms with E-state index in [0.29, 0.717) is 16.9 Å². The molecule has 3 nitrogen and oxygen atoms in total. The quantitative estimate of drug-likeness (QED) is 0.621. The van der Waals surface area contributed by atoms with E-state index in [1.807, 2.05) is 38.1 Å². The van der Waals surface area contributed by atoms with Crippen molar-refractivity contribution in [1.82, 2.24) is 4.57 Å². The van der Waals surface area contributed by atoms with Gasteiger partial charge in [0.15, 0.2) is 4.80 Å². The summed E-state index contributed by atoms with van der Waals surface area (Å²) in [6.07, 6.45) is 1.84. The number of aryl methyl sites for hydroxylation is 4. The van der Waals surface area contributed by atoms with Gasteiger partial charge in [0.1, 0.15) is 0 Å². The minimum atomic E-state index is -0.207. The first-order valence-electron chi connectivity index (χ1n) is 8.28. The average Bonchev–Trinajstić information content (AvgIpc) is 2.88. The predicted octanol–water partition coefficient (Wildman–Crippen LogP) is 4.86. The Morgan fingerprint density at radius 2 is 1.88 bits per heavy atom. The van der Waals surface area contributed by atoms with Crippen molar-refractivity contribution in [2.24, 2.45) is 4.99 Å². The molecule has 0 aliphatic rings. The Labute approximate surface area is 152 Å². The van der Waals surface area contributed by atoms with Gasteiger partial charge in [0.05, 0.1) is 10.2 Å². The molecule has 128 valence electrons. The summed E-state index contributed by atoms with van der Waals surface area (Å²) in [6.45, 7) is 12.7. The van der Waals surface area contributed by atoms with Crippen molar-refractivity contribution in [2.75, 3.05) is 0 Å². The van der Waals surface area contributed by atoms with Crippen molar-refractivity contribution in [1.29, 1.82) is 0 Å². The number of aromatic nitrogens is 1. The van der Waals surface area contributed by atoms with Crippen LogP contribution in [0.25, 0.3) is 10.2 Å². The second-order valence-electron chi connectivity index (χ2n) is 6.43. The SMILES string of the molecule is C=CCn1c(=NC(=O)c2ccc(C)c(C)c2)sc2c(C)cc(C)cc21. The lowest BCUT2D eigenvalue weighted by atomic mass is 10.1. The van der Waals surface area contributed by atoms with E-state index in [9.17, 15) is 4.79 Å². The van der Waals surface area contributed by atoms with Crippen LogP contribution in [-0.2, 0) is 6.54 Å². The number of benzene rings is 2. The summed E-state index contributed by atoms with van der Waals surface area (Å²) in [5.74, 6) is -0.207. The number of carbonyl (C=O) groups is 1. The first-order chi connectivity index (χ1) is 11.9. The van der Waals surface area contributed by atoms with Gasteiger partial charge in [0.2, 0.25) is 0 Å². The predicted molar refractivity (Wildman–Crippen MR) is 105 cm³/mol. The summed E-state index contributed by atoms with van der Waals surface area (Å²) in [4.78, 5) is 17.8. The Bertz CT molecular complexity index is 1050. The highest BCUT2D eigenvalue weighted by Crippen LogP contribution is 2.23. The van der Waals surface area contributed by atoms with E-state index in [1.165, 1.54) is 21.4 Å². The second-order valence-corrected chi connectivity index (χ2v) is 7.41. The number of rotatable bonds is 3. The van der Waals surface area contributed by atoms with Crippen molar-refractivity contribution in [3.63, 3.8) is 0 Å². The number of hydrogen-bond donors (Lipinski definition) is 0. The zero-order chi connectivity index (χ0) is 18.1. The normalized spacial score (nSPS) is 11.9. The Hall–Kier alpha value is -2.46. The maximum absolute atomic E-state index is 12.7. The van der Waals surface area contributed by atoms with Gasteiger partial charge in [0, 0.05) is 12.1 Å². The Balaban J connectivity index is 2.19. The van der Waals surface area contributed by atoms with Crippen LogP contribution >= 0.6 is 11.3 Å². The van der Waals surface area contributed by atoms with E-state index < -0.39 is 0 Å². The summed E-state index contributed by atoms with van der Waals surface area (Å²) >= 11 is 1.56. The maximum atomic E-state index is 12.7. The zero-order valence-electron chi connectivity index (χ0n) is 15.1. The van der Waals surface area contributed by atoms with Crippen LogP contribution in [0.3, 0.4) is 0 Å². The minimum Gasteiger partial charge on any atom is -0.312 e. The van der Waals surface area contributed by atoms with Crippen LogP contribution in [0.15, 0.2) is 48.0 Å². The Morgan fingerprint density at radius 1 is 1.12 bits per heavy atom. The van der Waals surface area contributed by atoms with Crippen LogP contribution in [0.2, 0.25) is 0 Å². The fourth-order valence-corrected chi connectivity index (χ4v) is 4.02. The average molecular weight is 350 g/mol. The van der Waals surface area contributed by atoms with Crippen molar-refractivity contribution in [2.45, 2.75) is 34.2 Å². The highest BCUT2D eigenvalue weighted by molar-refractivity contribution is 7.16. The number of hydrogen-bond acceptors (Lipinski definition) is 2. The molecule has 3 aromatic rings. The zero-order valence-corrected chi connectivity index (χ0v) is 15.9. The monoisotopic (exact) mass is 350 g/mol. The topological polar surface area (TPSA) is 34.4 Å². The molecule has 0 unspecified atom stereocenters. The van der Waals surface area contributed by atoms with E-state index >= 15 is 0 Å². The fraction of sp³-hybridized carbons (Fsp3) is 0.238. The molecule has 0 aliphatic carbocycles. The van der Waals surface area contributed by atoms with Gasteiger partial charge in [-0.1, -0.05) is 29.5 Å². The standard InChI is InChI=1S/C21H22N2OS/c1-6-9-23-18-11-13(2)10-16(5)19(18)25-21(23)22-20(24)17-8-7-14(3)15(4)12-17/h6-8,10-12H,1,9H2,2-5H3. The molecule has 0 radical (unpaired) electrons. The largest absolute Gasteiger partial charge is 0.312 e. The number of carbonyl (C=O) groups excluding carboxylic acids is 1. The van der Waals surface area contributed by atoms with Crippen molar-refractivity contribution >= 4 is 27.5 Å². The van der Waals surface area contributed by atoms with E-state index in [1.54, 1.807) is 11.3 Å². The van der Waals surface area contributed by atoms with Gasteiger partial charge < -0.3 is 4.57 Å². The number of amides is 1. The number of nitrogens with zero attached hydrogens (tertiary/aromatic N) is 2. The first kappa shape index (κ1) is 17.4. The molecule has 3 rings (SSSR count). The molecule has 0 N–H and O–H groups in total. The van der Waals surface area contributed by atoms with Gasteiger partial charge in [-0.05, 0) is 68.1 Å². The van der Waals surface area contributed by atoms with Gasteiger partial charge >= 0.3 is 0 Å². The third-order valence-corrected chi connectivity index (χ3v) is 5.61. The van der Waals surface area contributed by atoms with E-state index in [0.717, 1.165) is 11.1 Å². The van der Waals surface area contributed by atoms with Crippen molar-refractivity contribution < 1.29 is 4.79 Å². The van der Waals surface area contributed by atoms with Crippen molar-refractivity contribution in [3.8, 4) is 0 Å². The molecular formula is C21H22N2OS. The molecule has 0 bridgehead atoms. The lowest BCUT2D eigenvalue weighted by Crippen LogP contribution is -2.16. The lowest BCUT2D eigenvalue weighted by Gasteiger charge is -2.04. The van der Waals surface area contributed by atoms with Gasteiger partial charge in [-0.2, -0.15) is 4.99 Å². The highest BCUT2D eigenvalue weighted by Gasteiger charge is 2.11. The summed E-state index contributed by atoms with van der Waals surface area (Å²) in [6, 6.07) is 10.0. The number of fused-ring (bicyclic) bond motifs is 1. The molecule has 1 aromatic heterocycles. The summed E-state index contributed by atoms with van der Waals surface area (Å²) < 4.78 is 3.23. The van der Waals surface area contributed by atoms with Gasteiger partial charge in [-0.3, -0.25) is 4.79 Å². The smallest absolute Gasteiger partial charge is 0.279 e. The molecule has 0 saturated carbocycles. The third kappa shape index (κ3) is 3.35. The summed E-state index contributed by atoms with van der Waals surface area (Å²) in [7, 11) is 0. The van der Waals surface area contributed by atoms with Crippen LogP contribution in [0.5, 0.6) is 0 Å². The fourth-order valence-electron chi connectivity index (χ4n) is 2.93. The van der Waals surface area contributed by atoms with E-state index in [4.69, 9.17) is 0 Å². The van der Waals surface area contributed by atoms with Crippen LogP contribution in [0, 0.1) is 27.7 Å².